The number of aromatic nitrogens is 3. The van der Waals surface area contributed by atoms with Crippen LogP contribution >= 0.6 is 11.8 Å². The number of hydrogen-bond donors (Lipinski definition) is 1. The summed E-state index contributed by atoms with van der Waals surface area (Å²) in [6, 6.07) is 7.28. The smallest absolute Gasteiger partial charge is 0.231 e. The van der Waals surface area contributed by atoms with Crippen LogP contribution in [0.25, 0.3) is 0 Å². The van der Waals surface area contributed by atoms with Gasteiger partial charge >= 0.3 is 0 Å². The highest BCUT2D eigenvalue weighted by Gasteiger charge is 2.11. The molecule has 1 heterocycles. The summed E-state index contributed by atoms with van der Waals surface area (Å²) in [7, 11) is 3.44. The second-order valence-electron chi connectivity index (χ2n) is 4.69. The maximum absolute atomic E-state index is 11.5. The Balaban J connectivity index is 1.87. The fraction of sp³-hybridized carbons (Fsp3) is 0.312. The van der Waals surface area contributed by atoms with Gasteiger partial charge in [-0.15, -0.1) is 16.6 Å². The van der Waals surface area contributed by atoms with Crippen molar-refractivity contribution in [1.82, 2.24) is 20.1 Å². The van der Waals surface area contributed by atoms with E-state index in [2.05, 4.69) is 21.4 Å². The topological polar surface area (TPSA) is 78.3 Å². The lowest BCUT2D eigenvalue weighted by atomic mass is 10.3. The van der Waals surface area contributed by atoms with E-state index < -0.39 is 0 Å². The van der Waals surface area contributed by atoms with E-state index in [9.17, 15) is 4.79 Å². The van der Waals surface area contributed by atoms with Gasteiger partial charge in [-0.25, -0.2) is 0 Å². The number of terminal acetylenes is 1. The molecule has 0 spiro atoms. The number of thioether (sulfide) groups is 1. The number of nitrogens with one attached hydrogen (secondary N) is 1. The summed E-state index contributed by atoms with van der Waals surface area (Å²) < 4.78 is 12.6. The molecular formula is C16H18N4O3S. The van der Waals surface area contributed by atoms with Crippen LogP contribution in [0.15, 0.2) is 29.4 Å². The molecule has 0 saturated carbocycles. The van der Waals surface area contributed by atoms with Crippen LogP contribution in [0.1, 0.15) is 5.82 Å². The average Bonchev–Trinajstić information content (AvgIpc) is 2.96. The third kappa shape index (κ3) is 4.93. The van der Waals surface area contributed by atoms with E-state index in [-0.39, 0.29) is 24.8 Å². The summed E-state index contributed by atoms with van der Waals surface area (Å²) >= 11 is 1.29. The van der Waals surface area contributed by atoms with E-state index in [0.29, 0.717) is 16.7 Å². The summed E-state index contributed by atoms with van der Waals surface area (Å²) in [5, 5.41) is 11.4. The molecule has 0 unspecified atom stereocenters. The van der Waals surface area contributed by atoms with Crippen LogP contribution in [0.3, 0.4) is 0 Å². The van der Waals surface area contributed by atoms with E-state index in [1.807, 2.05) is 31.3 Å². The van der Waals surface area contributed by atoms with Gasteiger partial charge in [0.05, 0.1) is 19.4 Å². The zero-order valence-electron chi connectivity index (χ0n) is 13.5. The summed E-state index contributed by atoms with van der Waals surface area (Å²) in [5.74, 6) is 4.58. The van der Waals surface area contributed by atoms with Crippen molar-refractivity contribution in [1.29, 1.82) is 0 Å². The van der Waals surface area contributed by atoms with Crippen molar-refractivity contribution in [3.63, 3.8) is 0 Å². The molecular weight excluding hydrogens is 328 g/mol. The number of amides is 1. The van der Waals surface area contributed by atoms with Crippen molar-refractivity contribution >= 4 is 17.7 Å². The first-order valence-electron chi connectivity index (χ1n) is 7.12. The predicted octanol–water partition coefficient (Wildman–Crippen LogP) is 1.24. The Bertz CT molecular complexity index is 722. The van der Waals surface area contributed by atoms with Gasteiger partial charge in [-0.3, -0.25) is 4.79 Å². The standard InChI is InChI=1S/C16H18N4O3S/c1-4-9-17-15(21)11-24-16-19-18-14(20(16)2)10-23-13-7-5-12(22-3)6-8-13/h1,5-8H,9-11H2,2-3H3,(H,17,21). The number of ether oxygens (including phenoxy) is 2. The molecule has 1 amide bonds. The van der Waals surface area contributed by atoms with Crippen LogP contribution in [0.2, 0.25) is 0 Å². The molecule has 0 aliphatic carbocycles. The quantitative estimate of drug-likeness (QED) is 0.572. The SMILES string of the molecule is C#CCNC(=O)CSc1nnc(COc2ccc(OC)cc2)n1C. The van der Waals surface area contributed by atoms with Gasteiger partial charge in [-0.2, -0.15) is 0 Å². The van der Waals surface area contributed by atoms with E-state index in [0.717, 1.165) is 5.75 Å². The summed E-state index contributed by atoms with van der Waals surface area (Å²) in [4.78, 5) is 11.5. The first-order chi connectivity index (χ1) is 11.6. The van der Waals surface area contributed by atoms with E-state index in [4.69, 9.17) is 15.9 Å². The Morgan fingerprint density at radius 1 is 1.33 bits per heavy atom. The van der Waals surface area contributed by atoms with Crippen molar-refractivity contribution in [2.75, 3.05) is 19.4 Å². The van der Waals surface area contributed by atoms with E-state index >= 15 is 0 Å². The zero-order valence-corrected chi connectivity index (χ0v) is 14.3. The lowest BCUT2D eigenvalue weighted by Crippen LogP contribution is -2.25. The van der Waals surface area contributed by atoms with Crippen LogP contribution in [0.5, 0.6) is 11.5 Å². The fourth-order valence-electron chi connectivity index (χ4n) is 1.75. The Kier molecular flexibility index (Phi) is 6.51. The van der Waals surface area contributed by atoms with Gasteiger partial charge in [-0.1, -0.05) is 17.7 Å². The molecule has 0 saturated heterocycles. The minimum absolute atomic E-state index is 0.142. The molecule has 0 atom stereocenters. The highest BCUT2D eigenvalue weighted by atomic mass is 32.2. The van der Waals surface area contributed by atoms with Crippen molar-refractivity contribution in [2.24, 2.45) is 7.05 Å². The van der Waals surface area contributed by atoms with Crippen molar-refractivity contribution < 1.29 is 14.3 Å². The monoisotopic (exact) mass is 346 g/mol. The molecule has 2 rings (SSSR count). The summed E-state index contributed by atoms with van der Waals surface area (Å²) in [6.45, 7) is 0.499. The Morgan fingerprint density at radius 2 is 2.04 bits per heavy atom. The van der Waals surface area contributed by atoms with Gasteiger partial charge in [0.15, 0.2) is 11.0 Å². The van der Waals surface area contributed by atoms with Crippen molar-refractivity contribution in [2.45, 2.75) is 11.8 Å². The predicted molar refractivity (Wildman–Crippen MR) is 90.9 cm³/mol. The average molecular weight is 346 g/mol. The molecule has 0 aliphatic heterocycles. The Labute approximate surface area is 144 Å². The summed E-state index contributed by atoms with van der Waals surface area (Å²) in [6.07, 6.45) is 5.09. The maximum atomic E-state index is 11.5. The molecule has 8 heteroatoms. The third-order valence-electron chi connectivity index (χ3n) is 3.07. The Hall–Kier alpha value is -2.66. The minimum atomic E-state index is -0.142. The molecule has 7 nitrogen and oxygen atoms in total. The molecule has 1 aromatic heterocycles. The molecule has 24 heavy (non-hydrogen) atoms. The van der Waals surface area contributed by atoms with Crippen LogP contribution < -0.4 is 14.8 Å². The van der Waals surface area contributed by atoms with Gasteiger partial charge in [0, 0.05) is 7.05 Å². The number of hydrogen-bond acceptors (Lipinski definition) is 6. The second-order valence-corrected chi connectivity index (χ2v) is 5.63. The highest BCUT2D eigenvalue weighted by molar-refractivity contribution is 7.99. The first-order valence-corrected chi connectivity index (χ1v) is 8.10. The van der Waals surface area contributed by atoms with E-state index in [1.54, 1.807) is 11.7 Å². The van der Waals surface area contributed by atoms with Crippen molar-refractivity contribution in [3.05, 3.63) is 30.1 Å². The zero-order chi connectivity index (χ0) is 17.4. The molecule has 0 aliphatic rings. The second kappa shape index (κ2) is 8.84. The number of methoxy groups -OCH3 is 1. The largest absolute Gasteiger partial charge is 0.497 e. The molecule has 2 aromatic rings. The number of rotatable bonds is 8. The molecule has 0 bridgehead atoms. The lowest BCUT2D eigenvalue weighted by Gasteiger charge is -2.07. The first kappa shape index (κ1) is 17.7. The van der Waals surface area contributed by atoms with Crippen LogP contribution in [0, 0.1) is 12.3 Å². The van der Waals surface area contributed by atoms with Gasteiger partial charge in [0.1, 0.15) is 18.1 Å². The van der Waals surface area contributed by atoms with Gasteiger partial charge in [-0.05, 0) is 24.3 Å². The molecule has 1 N–H and O–H groups in total. The van der Waals surface area contributed by atoms with Gasteiger partial charge in [0.25, 0.3) is 0 Å². The maximum Gasteiger partial charge on any atom is 0.231 e. The highest BCUT2D eigenvalue weighted by Crippen LogP contribution is 2.19. The molecule has 126 valence electrons. The van der Waals surface area contributed by atoms with Crippen molar-refractivity contribution in [3.8, 4) is 23.8 Å². The Morgan fingerprint density at radius 3 is 2.71 bits per heavy atom. The van der Waals surface area contributed by atoms with Crippen LogP contribution in [-0.2, 0) is 18.4 Å². The molecule has 0 fully saturated rings. The number of carbonyl (C=O) groups is 1. The minimum Gasteiger partial charge on any atom is -0.497 e. The molecule has 1 aromatic carbocycles. The van der Waals surface area contributed by atoms with Gasteiger partial charge in [0.2, 0.25) is 5.91 Å². The molecule has 0 radical (unpaired) electrons. The normalized spacial score (nSPS) is 10.0. The number of carbonyl (C=O) groups excluding carboxylic acids is 1. The summed E-state index contributed by atoms with van der Waals surface area (Å²) in [5.41, 5.74) is 0. The number of benzene rings is 1. The number of nitrogens with zero attached hydrogens (tertiary/aromatic N) is 3. The third-order valence-corrected chi connectivity index (χ3v) is 4.09. The van der Waals surface area contributed by atoms with Crippen LogP contribution in [-0.4, -0.2) is 40.1 Å². The lowest BCUT2D eigenvalue weighted by molar-refractivity contribution is -0.118. The van der Waals surface area contributed by atoms with E-state index in [1.165, 1.54) is 11.8 Å². The van der Waals surface area contributed by atoms with Gasteiger partial charge < -0.3 is 19.4 Å². The van der Waals surface area contributed by atoms with Crippen LogP contribution in [0.4, 0.5) is 0 Å². The fourth-order valence-corrected chi connectivity index (χ4v) is 2.51.